The first-order chi connectivity index (χ1) is 7.76. The van der Waals surface area contributed by atoms with Crippen LogP contribution in [0.2, 0.25) is 0 Å². The number of hydrogen-bond donors (Lipinski definition) is 1. The molecule has 0 aromatic rings. The van der Waals surface area contributed by atoms with E-state index in [1.807, 2.05) is 13.8 Å². The van der Waals surface area contributed by atoms with E-state index in [1.54, 1.807) is 7.11 Å². The van der Waals surface area contributed by atoms with Gasteiger partial charge in [-0.25, -0.2) is 0 Å². The zero-order chi connectivity index (χ0) is 11.8. The van der Waals surface area contributed by atoms with E-state index >= 15 is 0 Å². The van der Waals surface area contributed by atoms with Crippen LogP contribution in [-0.4, -0.2) is 51.7 Å². The molecule has 1 saturated carbocycles. The third-order valence-corrected chi connectivity index (χ3v) is 2.55. The van der Waals surface area contributed by atoms with Crippen LogP contribution in [0.15, 0.2) is 0 Å². The molecule has 0 bridgehead atoms. The number of nitrogens with one attached hydrogen (secondary N) is 1. The molecule has 0 aliphatic heterocycles. The number of ether oxygens (including phenoxy) is 3. The Morgan fingerprint density at radius 1 is 1.31 bits per heavy atom. The van der Waals surface area contributed by atoms with Gasteiger partial charge in [0, 0.05) is 26.3 Å². The first-order valence-electron chi connectivity index (χ1n) is 6.21. The van der Waals surface area contributed by atoms with Crippen LogP contribution in [-0.2, 0) is 14.2 Å². The van der Waals surface area contributed by atoms with Crippen LogP contribution in [0.3, 0.4) is 0 Å². The second-order valence-electron chi connectivity index (χ2n) is 4.37. The lowest BCUT2D eigenvalue weighted by Crippen LogP contribution is -2.37. The van der Waals surface area contributed by atoms with Crippen LogP contribution in [0.25, 0.3) is 0 Å². The molecule has 16 heavy (non-hydrogen) atoms. The highest BCUT2D eigenvalue weighted by atomic mass is 16.6. The summed E-state index contributed by atoms with van der Waals surface area (Å²) in [5, 5.41) is 3.46. The predicted molar refractivity (Wildman–Crippen MR) is 63.7 cm³/mol. The molecule has 1 fully saturated rings. The Morgan fingerprint density at radius 2 is 2.06 bits per heavy atom. The van der Waals surface area contributed by atoms with Crippen molar-refractivity contribution in [2.45, 2.75) is 44.9 Å². The molecule has 0 spiro atoms. The van der Waals surface area contributed by atoms with Gasteiger partial charge in [0.25, 0.3) is 0 Å². The van der Waals surface area contributed by atoms with Crippen molar-refractivity contribution in [2.75, 3.05) is 33.5 Å². The van der Waals surface area contributed by atoms with Gasteiger partial charge < -0.3 is 19.5 Å². The highest BCUT2D eigenvalue weighted by Crippen LogP contribution is 2.18. The lowest BCUT2D eigenvalue weighted by Gasteiger charge is -2.22. The monoisotopic (exact) mass is 231 g/mol. The van der Waals surface area contributed by atoms with Crippen molar-refractivity contribution in [1.29, 1.82) is 0 Å². The van der Waals surface area contributed by atoms with E-state index in [9.17, 15) is 0 Å². The number of methoxy groups -OCH3 is 1. The fraction of sp³-hybridized carbons (Fsp3) is 1.00. The molecule has 0 aromatic carbocycles. The Hall–Kier alpha value is -0.160. The maximum atomic E-state index is 5.86. The van der Waals surface area contributed by atoms with Crippen molar-refractivity contribution in [1.82, 2.24) is 5.32 Å². The van der Waals surface area contributed by atoms with E-state index in [4.69, 9.17) is 14.2 Å². The summed E-state index contributed by atoms with van der Waals surface area (Å²) in [6.07, 6.45) is 2.85. The zero-order valence-corrected chi connectivity index (χ0v) is 10.7. The average Bonchev–Trinajstić information content (AvgIpc) is 3.07. The van der Waals surface area contributed by atoms with Gasteiger partial charge in [-0.3, -0.25) is 0 Å². The fourth-order valence-corrected chi connectivity index (χ4v) is 1.57. The van der Waals surface area contributed by atoms with Crippen LogP contribution in [0.5, 0.6) is 0 Å². The second kappa shape index (κ2) is 8.01. The summed E-state index contributed by atoms with van der Waals surface area (Å²) < 4.78 is 16.3. The van der Waals surface area contributed by atoms with E-state index in [2.05, 4.69) is 5.32 Å². The van der Waals surface area contributed by atoms with E-state index in [-0.39, 0.29) is 12.2 Å². The molecule has 1 aliphatic rings. The highest BCUT2D eigenvalue weighted by Gasteiger charge is 2.22. The molecule has 4 heteroatoms. The number of hydrogen-bond acceptors (Lipinski definition) is 4. The normalized spacial score (nSPS) is 19.7. The quantitative estimate of drug-likeness (QED) is 0.613. The lowest BCUT2D eigenvalue weighted by molar-refractivity contribution is -0.0694. The van der Waals surface area contributed by atoms with Crippen molar-refractivity contribution in [3.8, 4) is 0 Å². The van der Waals surface area contributed by atoms with Crippen LogP contribution in [0.4, 0.5) is 0 Å². The van der Waals surface area contributed by atoms with Crippen molar-refractivity contribution < 1.29 is 14.2 Å². The molecule has 0 amide bonds. The van der Waals surface area contributed by atoms with E-state index < -0.39 is 0 Å². The molecule has 2 unspecified atom stereocenters. The topological polar surface area (TPSA) is 39.7 Å². The maximum absolute atomic E-state index is 5.86. The van der Waals surface area contributed by atoms with E-state index in [1.165, 1.54) is 12.8 Å². The Kier molecular flexibility index (Phi) is 6.96. The van der Waals surface area contributed by atoms with Crippen molar-refractivity contribution in [2.24, 2.45) is 0 Å². The van der Waals surface area contributed by atoms with Gasteiger partial charge in [-0.1, -0.05) is 0 Å². The summed E-state index contributed by atoms with van der Waals surface area (Å²) in [7, 11) is 1.71. The lowest BCUT2D eigenvalue weighted by atomic mass is 10.3. The third-order valence-electron chi connectivity index (χ3n) is 2.55. The number of rotatable bonds is 10. The average molecular weight is 231 g/mol. The van der Waals surface area contributed by atoms with Crippen LogP contribution < -0.4 is 5.32 Å². The van der Waals surface area contributed by atoms with Gasteiger partial charge in [-0.05, 0) is 26.7 Å². The molecular weight excluding hydrogens is 206 g/mol. The summed E-state index contributed by atoms with van der Waals surface area (Å²) in [5.74, 6) is 0. The van der Waals surface area contributed by atoms with Gasteiger partial charge in [-0.2, -0.15) is 0 Å². The van der Waals surface area contributed by atoms with Gasteiger partial charge in [-0.15, -0.1) is 0 Å². The molecule has 4 nitrogen and oxygen atoms in total. The standard InChI is InChI=1S/C12H25NO3/c1-4-15-8-10(2)16-12(9-14-3)7-13-11-5-6-11/h10-13H,4-9H2,1-3H3. The van der Waals surface area contributed by atoms with Crippen LogP contribution in [0.1, 0.15) is 26.7 Å². The zero-order valence-electron chi connectivity index (χ0n) is 10.7. The molecule has 0 heterocycles. The van der Waals surface area contributed by atoms with E-state index in [0.717, 1.165) is 13.2 Å². The van der Waals surface area contributed by atoms with Crippen molar-refractivity contribution >= 4 is 0 Å². The molecule has 0 radical (unpaired) electrons. The maximum Gasteiger partial charge on any atom is 0.0937 e. The smallest absolute Gasteiger partial charge is 0.0937 e. The molecule has 96 valence electrons. The Labute approximate surface area is 98.6 Å². The van der Waals surface area contributed by atoms with Crippen molar-refractivity contribution in [3.05, 3.63) is 0 Å². The summed E-state index contributed by atoms with van der Waals surface area (Å²) >= 11 is 0. The second-order valence-corrected chi connectivity index (χ2v) is 4.37. The van der Waals surface area contributed by atoms with E-state index in [0.29, 0.717) is 19.3 Å². The predicted octanol–water partition coefficient (Wildman–Crippen LogP) is 1.19. The first kappa shape index (κ1) is 13.9. The third kappa shape index (κ3) is 6.43. The summed E-state index contributed by atoms with van der Waals surface area (Å²) in [4.78, 5) is 0. The van der Waals surface area contributed by atoms with Crippen LogP contribution >= 0.6 is 0 Å². The molecule has 0 aromatic heterocycles. The van der Waals surface area contributed by atoms with Gasteiger partial charge >= 0.3 is 0 Å². The molecule has 1 aliphatic carbocycles. The molecule has 1 N–H and O–H groups in total. The molecule has 2 atom stereocenters. The Bertz CT molecular complexity index is 174. The summed E-state index contributed by atoms with van der Waals surface area (Å²) in [6.45, 7) is 6.93. The Balaban J connectivity index is 2.13. The molecular formula is C12H25NO3. The SMILES string of the molecule is CCOCC(C)OC(CNC1CC1)COC. The largest absolute Gasteiger partial charge is 0.382 e. The minimum atomic E-state index is 0.126. The Morgan fingerprint density at radius 3 is 2.62 bits per heavy atom. The summed E-state index contributed by atoms with van der Waals surface area (Å²) in [6, 6.07) is 0.713. The first-order valence-corrected chi connectivity index (χ1v) is 6.21. The fourth-order valence-electron chi connectivity index (χ4n) is 1.57. The minimum absolute atomic E-state index is 0.126. The summed E-state index contributed by atoms with van der Waals surface area (Å²) in [5.41, 5.74) is 0. The van der Waals surface area contributed by atoms with Gasteiger partial charge in [0.1, 0.15) is 0 Å². The van der Waals surface area contributed by atoms with Gasteiger partial charge in [0.2, 0.25) is 0 Å². The highest BCUT2D eigenvalue weighted by molar-refractivity contribution is 4.82. The molecule has 1 rings (SSSR count). The van der Waals surface area contributed by atoms with Gasteiger partial charge in [0.05, 0.1) is 25.4 Å². The van der Waals surface area contributed by atoms with Crippen molar-refractivity contribution in [3.63, 3.8) is 0 Å². The molecule has 0 saturated heterocycles. The van der Waals surface area contributed by atoms with Gasteiger partial charge in [0.15, 0.2) is 0 Å². The minimum Gasteiger partial charge on any atom is -0.382 e. The van der Waals surface area contributed by atoms with Crippen LogP contribution in [0, 0.1) is 0 Å².